The van der Waals surface area contributed by atoms with Gasteiger partial charge in [0.1, 0.15) is 5.76 Å². The average molecular weight is 452 g/mol. The maximum Gasteiger partial charge on any atom is 0.225 e. The first-order chi connectivity index (χ1) is 15.7. The third kappa shape index (κ3) is 5.66. The van der Waals surface area contributed by atoms with Crippen LogP contribution in [0.1, 0.15) is 105 Å². The van der Waals surface area contributed by atoms with Gasteiger partial charge in [-0.15, -0.1) is 0 Å². The fourth-order valence-electron chi connectivity index (χ4n) is 5.39. The highest BCUT2D eigenvalue weighted by Crippen LogP contribution is 2.52. The fraction of sp³-hybridized carbons (Fsp3) is 0.593. The Morgan fingerprint density at radius 3 is 2.48 bits per heavy atom. The van der Waals surface area contributed by atoms with E-state index >= 15 is 0 Å². The van der Waals surface area contributed by atoms with Crippen molar-refractivity contribution >= 4 is 17.5 Å². The van der Waals surface area contributed by atoms with Gasteiger partial charge in [-0.25, -0.2) is 0 Å². The number of rotatable bonds is 10. The molecule has 1 aromatic carbocycles. The van der Waals surface area contributed by atoms with Crippen molar-refractivity contribution in [1.82, 2.24) is 5.16 Å². The zero-order chi connectivity index (χ0) is 23.7. The Hall–Kier alpha value is -2.63. The largest absolute Gasteiger partial charge is 0.370 e. The van der Waals surface area contributed by atoms with Crippen LogP contribution < -0.4 is 11.1 Å². The molecule has 0 saturated heterocycles. The van der Waals surface area contributed by atoms with Crippen LogP contribution in [0.15, 0.2) is 22.7 Å². The lowest BCUT2D eigenvalue weighted by atomic mass is 9.69. The average Bonchev–Trinajstić information content (AvgIpc) is 3.44. The van der Waals surface area contributed by atoms with E-state index < -0.39 is 5.91 Å². The molecule has 0 bridgehead atoms. The number of aromatic nitrogens is 1. The molecule has 2 fully saturated rings. The van der Waals surface area contributed by atoms with E-state index in [1.165, 1.54) is 6.42 Å². The molecule has 0 unspecified atom stereocenters. The van der Waals surface area contributed by atoms with E-state index in [4.69, 9.17) is 10.3 Å². The van der Waals surface area contributed by atoms with Crippen LogP contribution in [0, 0.1) is 25.7 Å². The number of nitrogens with two attached hydrogens (primary N) is 1. The van der Waals surface area contributed by atoms with Crippen molar-refractivity contribution in [3.05, 3.63) is 46.3 Å². The molecule has 1 atom stereocenters. The SMILES string of the molecule is Cc1ccc(NC(=O)C[C@H](CC(N)=O)c2noc([C@H]3C[C@@H](CC(C)C)C3)c2C2CC2)c(C)c1. The number of carbonyl (C=O) groups is 2. The number of hydrogen-bond donors (Lipinski definition) is 2. The molecule has 2 aliphatic carbocycles. The summed E-state index contributed by atoms with van der Waals surface area (Å²) in [7, 11) is 0. The summed E-state index contributed by atoms with van der Waals surface area (Å²) in [5.74, 6) is 2.36. The van der Waals surface area contributed by atoms with Crippen molar-refractivity contribution in [2.45, 2.75) is 90.4 Å². The van der Waals surface area contributed by atoms with E-state index in [1.807, 2.05) is 32.0 Å². The minimum absolute atomic E-state index is 0.0899. The molecular weight excluding hydrogens is 414 g/mol. The number of aryl methyl sites for hydroxylation is 2. The summed E-state index contributed by atoms with van der Waals surface area (Å²) in [5.41, 5.74) is 10.5. The second-order valence-electron chi connectivity index (χ2n) is 10.7. The monoisotopic (exact) mass is 451 g/mol. The summed E-state index contributed by atoms with van der Waals surface area (Å²) in [4.78, 5) is 24.8. The summed E-state index contributed by atoms with van der Waals surface area (Å²) in [6, 6.07) is 5.93. The van der Waals surface area contributed by atoms with Gasteiger partial charge in [-0.2, -0.15) is 0 Å². The molecule has 1 aromatic heterocycles. The highest BCUT2D eigenvalue weighted by Gasteiger charge is 2.41. The normalized spacial score (nSPS) is 21.0. The van der Waals surface area contributed by atoms with E-state index in [2.05, 4.69) is 24.3 Å². The first-order valence-corrected chi connectivity index (χ1v) is 12.4. The molecule has 6 heteroatoms. The first kappa shape index (κ1) is 23.5. The van der Waals surface area contributed by atoms with E-state index in [9.17, 15) is 9.59 Å². The topological polar surface area (TPSA) is 98.2 Å². The van der Waals surface area contributed by atoms with Gasteiger partial charge in [0, 0.05) is 35.9 Å². The Morgan fingerprint density at radius 2 is 1.88 bits per heavy atom. The summed E-state index contributed by atoms with van der Waals surface area (Å²) in [6.45, 7) is 8.54. The van der Waals surface area contributed by atoms with Crippen LogP contribution in [0.3, 0.4) is 0 Å². The molecule has 2 amide bonds. The molecule has 0 aliphatic heterocycles. The van der Waals surface area contributed by atoms with Crippen LogP contribution in [0.5, 0.6) is 0 Å². The highest BCUT2D eigenvalue weighted by atomic mass is 16.5. The van der Waals surface area contributed by atoms with Gasteiger partial charge in [-0.1, -0.05) is 36.7 Å². The molecule has 6 nitrogen and oxygen atoms in total. The zero-order valence-electron chi connectivity index (χ0n) is 20.3. The highest BCUT2D eigenvalue weighted by molar-refractivity contribution is 5.92. The lowest BCUT2D eigenvalue weighted by Crippen LogP contribution is -2.24. The minimum atomic E-state index is -0.425. The van der Waals surface area contributed by atoms with Crippen LogP contribution in [0.4, 0.5) is 5.69 Å². The molecule has 1 heterocycles. The standard InChI is InChI=1S/C27H37N3O3/c1-15(2)9-18-11-21(12-18)27-25(19-6-7-19)26(30-33-27)20(13-23(28)31)14-24(32)29-22-8-5-16(3)10-17(22)4/h5,8,10,15,18-21H,6-7,9,11-14H2,1-4H3,(H2,28,31)(H,29,32)/t18-,20-,21+/m0/s1. The Labute approximate surface area is 196 Å². The van der Waals surface area contributed by atoms with Crippen molar-refractivity contribution in [3.63, 3.8) is 0 Å². The molecule has 3 N–H and O–H groups in total. The van der Waals surface area contributed by atoms with Crippen LogP contribution in [0.2, 0.25) is 0 Å². The molecule has 33 heavy (non-hydrogen) atoms. The predicted octanol–water partition coefficient (Wildman–Crippen LogP) is 5.70. The summed E-state index contributed by atoms with van der Waals surface area (Å²) in [5, 5.41) is 7.45. The Balaban J connectivity index is 1.52. The third-order valence-electron chi connectivity index (χ3n) is 7.10. The van der Waals surface area contributed by atoms with Gasteiger partial charge in [0.05, 0.1) is 5.69 Å². The van der Waals surface area contributed by atoms with E-state index in [-0.39, 0.29) is 24.7 Å². The second-order valence-corrected chi connectivity index (χ2v) is 10.7. The number of hydrogen-bond acceptors (Lipinski definition) is 4. The maximum absolute atomic E-state index is 12.9. The number of nitrogens with one attached hydrogen (secondary N) is 1. The van der Waals surface area contributed by atoms with Gasteiger partial charge < -0.3 is 15.6 Å². The van der Waals surface area contributed by atoms with Gasteiger partial charge in [-0.3, -0.25) is 9.59 Å². The third-order valence-corrected chi connectivity index (χ3v) is 7.10. The van der Waals surface area contributed by atoms with Crippen LogP contribution >= 0.6 is 0 Å². The minimum Gasteiger partial charge on any atom is -0.370 e. The summed E-state index contributed by atoms with van der Waals surface area (Å²) >= 11 is 0. The molecule has 2 saturated carbocycles. The molecular formula is C27H37N3O3. The zero-order valence-corrected chi connectivity index (χ0v) is 20.3. The van der Waals surface area contributed by atoms with Crippen molar-refractivity contribution in [3.8, 4) is 0 Å². The van der Waals surface area contributed by atoms with Crippen molar-refractivity contribution < 1.29 is 14.1 Å². The summed E-state index contributed by atoms with van der Waals surface area (Å²) in [6.07, 6.45) is 6.00. The van der Waals surface area contributed by atoms with Crippen LogP contribution in [0.25, 0.3) is 0 Å². The maximum atomic E-state index is 12.9. The van der Waals surface area contributed by atoms with Gasteiger partial charge in [-0.05, 0) is 75.3 Å². The number of primary amides is 1. The fourth-order valence-corrected chi connectivity index (χ4v) is 5.39. The number of amides is 2. The first-order valence-electron chi connectivity index (χ1n) is 12.4. The van der Waals surface area contributed by atoms with Gasteiger partial charge in [0.2, 0.25) is 11.8 Å². The van der Waals surface area contributed by atoms with E-state index in [0.717, 1.165) is 65.4 Å². The lowest BCUT2D eigenvalue weighted by molar-refractivity contribution is -0.119. The van der Waals surface area contributed by atoms with Crippen molar-refractivity contribution in [1.29, 1.82) is 0 Å². The van der Waals surface area contributed by atoms with Crippen LogP contribution in [-0.2, 0) is 9.59 Å². The second kappa shape index (κ2) is 9.70. The molecule has 2 aromatic rings. The van der Waals surface area contributed by atoms with E-state index in [1.54, 1.807) is 0 Å². The number of carbonyl (C=O) groups excluding carboxylic acids is 2. The molecule has 178 valence electrons. The quantitative estimate of drug-likeness (QED) is 0.484. The number of anilines is 1. The Kier molecular flexibility index (Phi) is 6.91. The molecule has 2 aliphatic rings. The van der Waals surface area contributed by atoms with Gasteiger partial charge in [0.15, 0.2) is 0 Å². The Bertz CT molecular complexity index is 1020. The van der Waals surface area contributed by atoms with Crippen molar-refractivity contribution in [2.24, 2.45) is 17.6 Å². The van der Waals surface area contributed by atoms with Gasteiger partial charge in [0.25, 0.3) is 0 Å². The number of benzene rings is 1. The predicted molar refractivity (Wildman–Crippen MR) is 129 cm³/mol. The lowest BCUT2D eigenvalue weighted by Gasteiger charge is -2.35. The molecule has 0 radical (unpaired) electrons. The smallest absolute Gasteiger partial charge is 0.225 e. The molecule has 0 spiro atoms. The molecule has 4 rings (SSSR count). The summed E-state index contributed by atoms with van der Waals surface area (Å²) < 4.78 is 5.92. The van der Waals surface area contributed by atoms with Crippen LogP contribution in [-0.4, -0.2) is 17.0 Å². The Morgan fingerprint density at radius 1 is 1.15 bits per heavy atom. The van der Waals surface area contributed by atoms with Gasteiger partial charge >= 0.3 is 0 Å². The van der Waals surface area contributed by atoms with E-state index in [0.29, 0.717) is 17.8 Å². The number of nitrogens with zero attached hydrogens (tertiary/aromatic N) is 1. The van der Waals surface area contributed by atoms with Crippen molar-refractivity contribution in [2.75, 3.05) is 5.32 Å².